The van der Waals surface area contributed by atoms with E-state index in [-0.39, 0.29) is 5.91 Å². The molecule has 0 unspecified atom stereocenters. The molecule has 0 aromatic heterocycles. The Hall–Kier alpha value is -2.29. The predicted molar refractivity (Wildman–Crippen MR) is 91.8 cm³/mol. The number of carbonyl (C=O) groups is 1. The Kier molecular flexibility index (Phi) is 4.14. The van der Waals surface area contributed by atoms with E-state index in [0.29, 0.717) is 0 Å². The van der Waals surface area contributed by atoms with Gasteiger partial charge >= 0.3 is 0 Å². The molecule has 1 aliphatic heterocycles. The van der Waals surface area contributed by atoms with E-state index in [1.165, 1.54) is 18.5 Å². The van der Waals surface area contributed by atoms with Crippen LogP contribution in [0.15, 0.2) is 42.5 Å². The average molecular weight is 294 g/mol. The van der Waals surface area contributed by atoms with E-state index in [9.17, 15) is 4.79 Å². The van der Waals surface area contributed by atoms with Crippen molar-refractivity contribution in [2.45, 2.75) is 26.7 Å². The molecule has 3 nitrogen and oxygen atoms in total. The van der Waals surface area contributed by atoms with Crippen molar-refractivity contribution in [3.05, 3.63) is 59.2 Å². The van der Waals surface area contributed by atoms with Crippen molar-refractivity contribution in [3.63, 3.8) is 0 Å². The maximum absolute atomic E-state index is 12.4. The van der Waals surface area contributed by atoms with Crippen LogP contribution in [0.2, 0.25) is 0 Å². The van der Waals surface area contributed by atoms with Crippen molar-refractivity contribution in [1.82, 2.24) is 0 Å². The molecule has 2 aromatic carbocycles. The zero-order chi connectivity index (χ0) is 15.5. The Labute approximate surface area is 132 Å². The van der Waals surface area contributed by atoms with E-state index in [1.807, 2.05) is 44.2 Å². The SMILES string of the molecule is Cc1cc(N2CCCC2)ccc1NC(=O)c1ccccc1C. The van der Waals surface area contributed by atoms with Crippen molar-refractivity contribution >= 4 is 17.3 Å². The summed E-state index contributed by atoms with van der Waals surface area (Å²) in [5, 5.41) is 3.03. The Bertz CT molecular complexity index is 688. The average Bonchev–Trinajstić information content (AvgIpc) is 3.04. The van der Waals surface area contributed by atoms with Crippen LogP contribution in [-0.2, 0) is 0 Å². The van der Waals surface area contributed by atoms with Gasteiger partial charge in [-0.05, 0) is 62.1 Å². The topological polar surface area (TPSA) is 32.3 Å². The summed E-state index contributed by atoms with van der Waals surface area (Å²) in [6.45, 7) is 6.27. The molecule has 0 saturated carbocycles. The summed E-state index contributed by atoms with van der Waals surface area (Å²) >= 11 is 0. The predicted octanol–water partition coefficient (Wildman–Crippen LogP) is 4.16. The zero-order valence-electron chi connectivity index (χ0n) is 13.2. The van der Waals surface area contributed by atoms with Crippen LogP contribution in [0.5, 0.6) is 0 Å². The fourth-order valence-electron chi connectivity index (χ4n) is 2.98. The van der Waals surface area contributed by atoms with Crippen LogP contribution in [0.1, 0.15) is 34.3 Å². The standard InChI is InChI=1S/C19H22N2O/c1-14-7-3-4-8-17(14)19(22)20-18-10-9-16(13-15(18)2)21-11-5-6-12-21/h3-4,7-10,13H,5-6,11-12H2,1-2H3,(H,20,22). The first-order valence-corrected chi connectivity index (χ1v) is 7.88. The van der Waals surface area contributed by atoms with Crippen LogP contribution < -0.4 is 10.2 Å². The number of nitrogens with one attached hydrogen (secondary N) is 1. The molecule has 2 aromatic rings. The Morgan fingerprint density at radius 3 is 2.41 bits per heavy atom. The first kappa shape index (κ1) is 14.6. The smallest absolute Gasteiger partial charge is 0.255 e. The molecule has 1 saturated heterocycles. The third-order valence-corrected chi connectivity index (χ3v) is 4.32. The minimum Gasteiger partial charge on any atom is -0.372 e. The van der Waals surface area contributed by atoms with Gasteiger partial charge in [0.25, 0.3) is 5.91 Å². The molecular weight excluding hydrogens is 272 g/mol. The van der Waals surface area contributed by atoms with E-state index >= 15 is 0 Å². The molecule has 114 valence electrons. The highest BCUT2D eigenvalue weighted by molar-refractivity contribution is 6.05. The molecule has 1 fully saturated rings. The molecular formula is C19H22N2O. The largest absolute Gasteiger partial charge is 0.372 e. The molecule has 0 aliphatic carbocycles. The maximum Gasteiger partial charge on any atom is 0.255 e. The van der Waals surface area contributed by atoms with Crippen LogP contribution in [0.3, 0.4) is 0 Å². The number of aryl methyl sites for hydroxylation is 2. The number of anilines is 2. The number of hydrogen-bond acceptors (Lipinski definition) is 2. The molecule has 1 N–H and O–H groups in total. The fourth-order valence-corrected chi connectivity index (χ4v) is 2.98. The summed E-state index contributed by atoms with van der Waals surface area (Å²) in [4.78, 5) is 14.8. The van der Waals surface area contributed by atoms with E-state index in [0.717, 1.165) is 35.5 Å². The molecule has 22 heavy (non-hydrogen) atoms. The number of carbonyl (C=O) groups excluding carboxylic acids is 1. The van der Waals surface area contributed by atoms with Gasteiger partial charge < -0.3 is 10.2 Å². The van der Waals surface area contributed by atoms with Crippen molar-refractivity contribution in [3.8, 4) is 0 Å². The third-order valence-electron chi connectivity index (χ3n) is 4.32. The molecule has 0 bridgehead atoms. The maximum atomic E-state index is 12.4. The Morgan fingerprint density at radius 2 is 1.73 bits per heavy atom. The number of rotatable bonds is 3. The lowest BCUT2D eigenvalue weighted by Gasteiger charge is -2.19. The number of benzene rings is 2. The lowest BCUT2D eigenvalue weighted by molar-refractivity contribution is 0.102. The highest BCUT2D eigenvalue weighted by Gasteiger charge is 2.14. The molecule has 0 spiro atoms. The van der Waals surface area contributed by atoms with Crippen molar-refractivity contribution in [2.75, 3.05) is 23.3 Å². The molecule has 1 heterocycles. The zero-order valence-corrected chi connectivity index (χ0v) is 13.2. The lowest BCUT2D eigenvalue weighted by Crippen LogP contribution is -2.18. The summed E-state index contributed by atoms with van der Waals surface area (Å²) in [6.07, 6.45) is 2.54. The fraction of sp³-hybridized carbons (Fsp3) is 0.316. The van der Waals surface area contributed by atoms with Gasteiger partial charge in [0.1, 0.15) is 0 Å². The van der Waals surface area contributed by atoms with Crippen molar-refractivity contribution < 1.29 is 4.79 Å². The normalized spacial score (nSPS) is 14.2. The van der Waals surface area contributed by atoms with E-state index in [1.54, 1.807) is 0 Å². The second-order valence-corrected chi connectivity index (χ2v) is 5.96. The van der Waals surface area contributed by atoms with E-state index in [2.05, 4.69) is 22.3 Å². The number of nitrogens with zero attached hydrogens (tertiary/aromatic N) is 1. The second kappa shape index (κ2) is 6.22. The quantitative estimate of drug-likeness (QED) is 0.922. The number of amides is 1. The Balaban J connectivity index is 1.78. The van der Waals surface area contributed by atoms with Crippen LogP contribution in [0.25, 0.3) is 0 Å². The van der Waals surface area contributed by atoms with Gasteiger partial charge in [0, 0.05) is 30.0 Å². The first-order valence-electron chi connectivity index (χ1n) is 7.88. The first-order chi connectivity index (χ1) is 10.6. The van der Waals surface area contributed by atoms with Crippen LogP contribution in [0, 0.1) is 13.8 Å². The van der Waals surface area contributed by atoms with Gasteiger partial charge in [-0.25, -0.2) is 0 Å². The molecule has 3 heteroatoms. The van der Waals surface area contributed by atoms with Gasteiger partial charge in [0.15, 0.2) is 0 Å². The van der Waals surface area contributed by atoms with Gasteiger partial charge in [-0.3, -0.25) is 4.79 Å². The van der Waals surface area contributed by atoms with Gasteiger partial charge in [0.05, 0.1) is 0 Å². The summed E-state index contributed by atoms with van der Waals surface area (Å²) in [5.41, 5.74) is 4.96. The van der Waals surface area contributed by atoms with E-state index in [4.69, 9.17) is 0 Å². The summed E-state index contributed by atoms with van der Waals surface area (Å²) in [5.74, 6) is -0.0462. The van der Waals surface area contributed by atoms with Crippen LogP contribution >= 0.6 is 0 Å². The van der Waals surface area contributed by atoms with Crippen LogP contribution in [-0.4, -0.2) is 19.0 Å². The molecule has 1 aliphatic rings. The third kappa shape index (κ3) is 2.98. The summed E-state index contributed by atoms with van der Waals surface area (Å²) < 4.78 is 0. The van der Waals surface area contributed by atoms with Gasteiger partial charge in [-0.2, -0.15) is 0 Å². The highest BCUT2D eigenvalue weighted by atomic mass is 16.1. The van der Waals surface area contributed by atoms with Gasteiger partial charge in [0.2, 0.25) is 0 Å². The second-order valence-electron chi connectivity index (χ2n) is 5.96. The van der Waals surface area contributed by atoms with E-state index < -0.39 is 0 Å². The molecule has 1 amide bonds. The van der Waals surface area contributed by atoms with Gasteiger partial charge in [-0.15, -0.1) is 0 Å². The van der Waals surface area contributed by atoms with Crippen molar-refractivity contribution in [2.24, 2.45) is 0 Å². The molecule has 0 atom stereocenters. The molecule has 0 radical (unpaired) electrons. The van der Waals surface area contributed by atoms with Gasteiger partial charge in [-0.1, -0.05) is 18.2 Å². The summed E-state index contributed by atoms with van der Waals surface area (Å²) in [6, 6.07) is 13.9. The molecule has 3 rings (SSSR count). The highest BCUT2D eigenvalue weighted by Crippen LogP contribution is 2.26. The Morgan fingerprint density at radius 1 is 1.00 bits per heavy atom. The van der Waals surface area contributed by atoms with Crippen LogP contribution in [0.4, 0.5) is 11.4 Å². The summed E-state index contributed by atoms with van der Waals surface area (Å²) in [7, 11) is 0. The number of hydrogen-bond donors (Lipinski definition) is 1. The van der Waals surface area contributed by atoms with Crippen molar-refractivity contribution in [1.29, 1.82) is 0 Å². The minimum absolute atomic E-state index is 0.0462. The lowest BCUT2D eigenvalue weighted by atomic mass is 10.1. The minimum atomic E-state index is -0.0462. The monoisotopic (exact) mass is 294 g/mol.